The number of nitro benzene ring substituents is 1. The second kappa shape index (κ2) is 7.06. The van der Waals surface area contributed by atoms with Crippen molar-refractivity contribution in [3.8, 4) is 5.75 Å². The lowest BCUT2D eigenvalue weighted by atomic mass is 10.1. The van der Waals surface area contributed by atoms with Gasteiger partial charge in [0.05, 0.1) is 11.5 Å². The Morgan fingerprint density at radius 3 is 2.77 bits per heavy atom. The van der Waals surface area contributed by atoms with E-state index in [1.54, 1.807) is 18.2 Å². The van der Waals surface area contributed by atoms with E-state index in [0.29, 0.717) is 23.3 Å². The molecule has 0 spiro atoms. The van der Waals surface area contributed by atoms with E-state index >= 15 is 0 Å². The van der Waals surface area contributed by atoms with Gasteiger partial charge in [0.2, 0.25) is 5.55 Å². The highest BCUT2D eigenvalue weighted by molar-refractivity contribution is 6.05. The zero-order valence-electron chi connectivity index (χ0n) is 13.8. The van der Waals surface area contributed by atoms with Gasteiger partial charge >= 0.3 is 0 Å². The van der Waals surface area contributed by atoms with Crippen LogP contribution in [0, 0.1) is 15.5 Å². The van der Waals surface area contributed by atoms with Gasteiger partial charge in [0.15, 0.2) is 11.3 Å². The molecule has 3 aromatic rings. The van der Waals surface area contributed by atoms with Crippen LogP contribution in [0.15, 0.2) is 52.9 Å². The van der Waals surface area contributed by atoms with E-state index in [4.69, 9.17) is 14.6 Å². The number of amides is 1. The Balaban J connectivity index is 1.96. The van der Waals surface area contributed by atoms with Gasteiger partial charge in [-0.1, -0.05) is 18.2 Å². The summed E-state index contributed by atoms with van der Waals surface area (Å²) in [5.41, 5.74) is 0.182. The molecule has 0 unspecified atom stereocenters. The summed E-state index contributed by atoms with van der Waals surface area (Å²) in [4.78, 5) is 22.8. The highest BCUT2D eigenvalue weighted by Gasteiger charge is 2.15. The summed E-state index contributed by atoms with van der Waals surface area (Å²) in [5.74, 6) is -0.105. The first kappa shape index (κ1) is 17.2. The molecule has 2 aromatic carbocycles. The van der Waals surface area contributed by atoms with Crippen LogP contribution in [-0.4, -0.2) is 17.4 Å². The second-order valence-electron chi connectivity index (χ2n) is 5.36. The second-order valence-corrected chi connectivity index (χ2v) is 5.36. The molecule has 0 atom stereocenters. The number of rotatable bonds is 5. The van der Waals surface area contributed by atoms with Crippen molar-refractivity contribution in [1.29, 1.82) is 5.41 Å². The summed E-state index contributed by atoms with van der Waals surface area (Å²) >= 11 is 0. The molecule has 0 aliphatic carbocycles. The predicted molar refractivity (Wildman–Crippen MR) is 94.3 cm³/mol. The molecule has 1 heterocycles. The highest BCUT2D eigenvalue weighted by Crippen LogP contribution is 2.25. The Hall–Kier alpha value is -3.68. The van der Waals surface area contributed by atoms with Crippen LogP contribution < -0.4 is 15.6 Å². The quantitative estimate of drug-likeness (QED) is 0.538. The summed E-state index contributed by atoms with van der Waals surface area (Å²) in [5, 5.41) is 22.0. The lowest BCUT2D eigenvalue weighted by molar-refractivity contribution is -0.384. The number of hydrogen-bond donors (Lipinski definition) is 2. The molecule has 0 fully saturated rings. The molecule has 2 N–H and O–H groups in total. The number of benzene rings is 2. The Bertz CT molecular complexity index is 1060. The standard InChI is InChI=1S/C18H15N3O5/c1-2-25-15-8-3-5-11-9-14(17(19)26-16(11)15)18(22)20-12-6-4-7-13(10-12)21(23)24/h3-10,19H,2H2,1H3,(H,20,22). The number of anilines is 1. The minimum atomic E-state index is -0.594. The van der Waals surface area contributed by atoms with Crippen LogP contribution in [0.3, 0.4) is 0 Å². The summed E-state index contributed by atoms with van der Waals surface area (Å²) < 4.78 is 10.9. The van der Waals surface area contributed by atoms with Crippen LogP contribution in [0.2, 0.25) is 0 Å². The summed E-state index contributed by atoms with van der Waals surface area (Å²) in [7, 11) is 0. The summed E-state index contributed by atoms with van der Waals surface area (Å²) in [6.45, 7) is 2.28. The van der Waals surface area contributed by atoms with Crippen LogP contribution in [-0.2, 0) is 0 Å². The minimum absolute atomic E-state index is 0.0117. The maximum Gasteiger partial charge on any atom is 0.271 e. The van der Waals surface area contributed by atoms with Crippen molar-refractivity contribution < 1.29 is 18.9 Å². The maximum atomic E-state index is 12.5. The average molecular weight is 353 g/mol. The fourth-order valence-corrected chi connectivity index (χ4v) is 2.47. The number of non-ortho nitro benzene ring substituents is 1. The Morgan fingerprint density at radius 2 is 2.04 bits per heavy atom. The van der Waals surface area contributed by atoms with Crippen molar-refractivity contribution in [3.63, 3.8) is 0 Å². The van der Waals surface area contributed by atoms with Crippen molar-refractivity contribution in [2.45, 2.75) is 6.92 Å². The first-order chi connectivity index (χ1) is 12.5. The van der Waals surface area contributed by atoms with Gasteiger partial charge in [-0.15, -0.1) is 0 Å². The average Bonchev–Trinajstić information content (AvgIpc) is 2.62. The molecule has 3 rings (SSSR count). The number of carbonyl (C=O) groups is 1. The van der Waals surface area contributed by atoms with E-state index in [9.17, 15) is 14.9 Å². The molecule has 0 saturated heterocycles. The van der Waals surface area contributed by atoms with E-state index in [2.05, 4.69) is 5.32 Å². The number of hydrogen-bond acceptors (Lipinski definition) is 6. The van der Waals surface area contributed by atoms with Gasteiger partial charge in [-0.05, 0) is 25.1 Å². The van der Waals surface area contributed by atoms with E-state index in [-0.39, 0.29) is 22.5 Å². The van der Waals surface area contributed by atoms with Crippen molar-refractivity contribution in [1.82, 2.24) is 0 Å². The molecule has 8 heteroatoms. The largest absolute Gasteiger partial charge is 0.490 e. The molecule has 132 valence electrons. The number of nitro groups is 1. The zero-order valence-corrected chi connectivity index (χ0v) is 13.8. The number of ether oxygens (including phenoxy) is 1. The van der Waals surface area contributed by atoms with E-state index in [1.807, 2.05) is 6.92 Å². The molecule has 1 amide bonds. The van der Waals surface area contributed by atoms with Crippen LogP contribution in [0.25, 0.3) is 11.0 Å². The molecular formula is C18H15N3O5. The van der Waals surface area contributed by atoms with Gasteiger partial charge in [0, 0.05) is 23.2 Å². The number of nitrogens with one attached hydrogen (secondary N) is 2. The first-order valence-electron chi connectivity index (χ1n) is 7.79. The predicted octanol–water partition coefficient (Wildman–Crippen LogP) is 3.47. The molecule has 0 radical (unpaired) electrons. The topological polar surface area (TPSA) is 118 Å². The first-order valence-corrected chi connectivity index (χ1v) is 7.79. The normalized spacial score (nSPS) is 10.5. The van der Waals surface area contributed by atoms with Crippen LogP contribution in [0.1, 0.15) is 17.3 Å². The lowest BCUT2D eigenvalue weighted by Crippen LogP contribution is -2.21. The van der Waals surface area contributed by atoms with Crippen LogP contribution >= 0.6 is 0 Å². The fourth-order valence-electron chi connectivity index (χ4n) is 2.47. The van der Waals surface area contributed by atoms with Crippen molar-refractivity contribution in [2.24, 2.45) is 0 Å². The SMILES string of the molecule is CCOc1cccc2cc(C(=O)Nc3cccc([N+](=O)[O-])c3)c(=N)oc12. The van der Waals surface area contributed by atoms with Crippen LogP contribution in [0.4, 0.5) is 11.4 Å². The third-order valence-electron chi connectivity index (χ3n) is 3.62. The van der Waals surface area contributed by atoms with Gasteiger partial charge in [0.1, 0.15) is 5.56 Å². The van der Waals surface area contributed by atoms with E-state index < -0.39 is 10.8 Å². The highest BCUT2D eigenvalue weighted by atomic mass is 16.6. The fraction of sp³-hybridized carbons (Fsp3) is 0.111. The van der Waals surface area contributed by atoms with E-state index in [0.717, 1.165) is 0 Å². The number of para-hydroxylation sites is 1. The van der Waals surface area contributed by atoms with Gasteiger partial charge in [0.25, 0.3) is 11.6 Å². The van der Waals surface area contributed by atoms with E-state index in [1.165, 1.54) is 30.3 Å². The molecule has 0 saturated carbocycles. The van der Waals surface area contributed by atoms with Gasteiger partial charge in [-0.3, -0.25) is 20.3 Å². The van der Waals surface area contributed by atoms with Gasteiger partial charge < -0.3 is 14.5 Å². The Morgan fingerprint density at radius 1 is 1.27 bits per heavy atom. The zero-order chi connectivity index (χ0) is 18.7. The molecule has 8 nitrogen and oxygen atoms in total. The molecule has 0 bridgehead atoms. The molecular weight excluding hydrogens is 338 g/mol. The number of fused-ring (bicyclic) bond motifs is 1. The van der Waals surface area contributed by atoms with Crippen molar-refractivity contribution >= 4 is 28.3 Å². The number of nitrogens with zero attached hydrogens (tertiary/aromatic N) is 1. The molecule has 0 aliphatic rings. The molecule has 26 heavy (non-hydrogen) atoms. The van der Waals surface area contributed by atoms with Crippen LogP contribution in [0.5, 0.6) is 5.75 Å². The third-order valence-corrected chi connectivity index (χ3v) is 3.62. The Labute approximate surface area is 147 Å². The monoisotopic (exact) mass is 353 g/mol. The summed E-state index contributed by atoms with van der Waals surface area (Å²) in [6, 6.07) is 12.3. The maximum absolute atomic E-state index is 12.5. The van der Waals surface area contributed by atoms with Gasteiger partial charge in [-0.2, -0.15) is 0 Å². The lowest BCUT2D eigenvalue weighted by Gasteiger charge is -2.09. The molecule has 0 aliphatic heterocycles. The van der Waals surface area contributed by atoms with Crippen molar-refractivity contribution in [2.75, 3.05) is 11.9 Å². The third kappa shape index (κ3) is 3.39. The van der Waals surface area contributed by atoms with Crippen molar-refractivity contribution in [3.05, 3.63) is 69.8 Å². The summed E-state index contributed by atoms with van der Waals surface area (Å²) in [6.07, 6.45) is 0. The minimum Gasteiger partial charge on any atom is -0.490 e. The number of carbonyl (C=O) groups excluding carboxylic acids is 1. The molecule has 1 aromatic heterocycles. The van der Waals surface area contributed by atoms with Gasteiger partial charge in [-0.25, -0.2) is 0 Å². The smallest absolute Gasteiger partial charge is 0.271 e. The Kier molecular flexibility index (Phi) is 4.66.